The smallest absolute Gasteiger partial charge is 0.215 e. The Morgan fingerprint density at radius 3 is 1.47 bits per heavy atom. The second-order valence-corrected chi connectivity index (χ2v) is 17.0. The summed E-state index contributed by atoms with van der Waals surface area (Å²) >= 11 is 0. The fourth-order valence-corrected chi connectivity index (χ4v) is 7.18. The van der Waals surface area contributed by atoms with Crippen molar-refractivity contribution in [3.05, 3.63) is 109 Å². The van der Waals surface area contributed by atoms with Crippen molar-refractivity contribution in [1.29, 1.82) is 0 Å². The summed E-state index contributed by atoms with van der Waals surface area (Å²) in [5.74, 6) is 4.15. The van der Waals surface area contributed by atoms with Gasteiger partial charge in [0.15, 0.2) is 5.75 Å². The molecule has 0 radical (unpaired) electrons. The molecule has 0 spiro atoms. The molecule has 57 heavy (non-hydrogen) atoms. The van der Waals surface area contributed by atoms with Gasteiger partial charge in [-0.1, -0.05) is 69.3 Å². The van der Waals surface area contributed by atoms with Crippen LogP contribution in [0.1, 0.15) is 79.6 Å². The van der Waals surface area contributed by atoms with Crippen LogP contribution in [0.3, 0.4) is 0 Å². The van der Waals surface area contributed by atoms with E-state index in [1.165, 1.54) is 5.28 Å². The molecule has 2 unspecified atom stereocenters. The minimum absolute atomic E-state index is 0.0976. The molecule has 302 valence electrons. The van der Waals surface area contributed by atoms with Crippen LogP contribution in [-0.2, 0) is 9.47 Å². The number of nitrogens with zero attached hydrogens (tertiary/aromatic N) is 2. The number of benzene rings is 4. The number of amidine groups is 1. The van der Waals surface area contributed by atoms with Gasteiger partial charge in [0.1, 0.15) is 23.1 Å². The predicted molar refractivity (Wildman–Crippen MR) is 225 cm³/mol. The van der Waals surface area contributed by atoms with Crippen molar-refractivity contribution in [2.75, 3.05) is 26.4 Å². The van der Waals surface area contributed by atoms with Crippen LogP contribution in [-0.4, -0.2) is 55.3 Å². The molecule has 0 aromatic heterocycles. The van der Waals surface area contributed by atoms with Crippen LogP contribution < -0.4 is 29.9 Å². The number of hydrogen-bond donors (Lipinski definition) is 2. The summed E-state index contributed by atoms with van der Waals surface area (Å²) in [5.41, 5.74) is 10.6. The molecule has 10 heteroatoms. The largest absolute Gasteiger partial charge is 0.494 e. The number of hydrazine groups is 2. The van der Waals surface area contributed by atoms with Crippen LogP contribution in [0.25, 0.3) is 22.3 Å². The third-order valence-corrected chi connectivity index (χ3v) is 9.77. The van der Waals surface area contributed by atoms with Gasteiger partial charge in [-0.2, -0.15) is 0 Å². The summed E-state index contributed by atoms with van der Waals surface area (Å²) in [6, 6.07) is 32.4. The average Bonchev–Trinajstić information content (AvgIpc) is 4.12. The zero-order valence-corrected chi connectivity index (χ0v) is 34.1. The van der Waals surface area contributed by atoms with E-state index in [-0.39, 0.29) is 11.0 Å². The number of unbranched alkanes of at least 4 members (excludes halogenated alkanes) is 2. The third kappa shape index (κ3) is 13.3. The van der Waals surface area contributed by atoms with E-state index in [9.17, 15) is 0 Å². The molecule has 0 saturated carbocycles. The quantitative estimate of drug-likeness (QED) is 0.0671. The van der Waals surface area contributed by atoms with Crippen molar-refractivity contribution >= 4 is 5.84 Å². The Morgan fingerprint density at radius 1 is 0.596 bits per heavy atom. The highest BCUT2D eigenvalue weighted by atomic mass is 16.7. The zero-order chi connectivity index (χ0) is 39.7. The number of hydrogen-bond acceptors (Lipinski definition) is 9. The van der Waals surface area contributed by atoms with Crippen LogP contribution in [0, 0.1) is 5.41 Å². The van der Waals surface area contributed by atoms with Gasteiger partial charge >= 0.3 is 0 Å². The van der Waals surface area contributed by atoms with Gasteiger partial charge in [0.2, 0.25) is 5.88 Å². The molecule has 0 aliphatic carbocycles. The molecule has 4 aromatic carbocycles. The van der Waals surface area contributed by atoms with Gasteiger partial charge in [0.25, 0.3) is 0 Å². The molecule has 10 nitrogen and oxygen atoms in total. The fourth-order valence-electron chi connectivity index (χ4n) is 7.18. The normalized spacial score (nSPS) is 18.6. The van der Waals surface area contributed by atoms with Crippen LogP contribution in [0.5, 0.6) is 23.0 Å². The first kappa shape index (κ1) is 40.2. The van der Waals surface area contributed by atoms with E-state index in [2.05, 4.69) is 81.9 Å². The van der Waals surface area contributed by atoms with Crippen molar-refractivity contribution in [2.24, 2.45) is 10.4 Å². The van der Waals surface area contributed by atoms with E-state index in [0.717, 1.165) is 105 Å². The summed E-state index contributed by atoms with van der Waals surface area (Å²) < 4.78 is 28.8. The zero-order valence-electron chi connectivity index (χ0n) is 34.1. The molecule has 2 saturated heterocycles. The fraction of sp³-hybridized carbons (Fsp3) is 0.426. The average molecular weight is 775 g/mol. The Balaban J connectivity index is 0.960. The second-order valence-electron chi connectivity index (χ2n) is 17.0. The van der Waals surface area contributed by atoms with E-state index in [0.29, 0.717) is 35.4 Å². The molecule has 2 atom stereocenters. The van der Waals surface area contributed by atoms with E-state index in [1.807, 2.05) is 66.7 Å². The summed E-state index contributed by atoms with van der Waals surface area (Å²) in [5, 5.41) is 1.43. The highest BCUT2D eigenvalue weighted by molar-refractivity contribution is 5.93. The summed E-state index contributed by atoms with van der Waals surface area (Å²) in [4.78, 5) is 11.4. The monoisotopic (exact) mass is 774 g/mol. The molecule has 3 aliphatic heterocycles. The summed E-state index contributed by atoms with van der Waals surface area (Å²) in [6.45, 7) is 14.2. The van der Waals surface area contributed by atoms with Gasteiger partial charge in [-0.05, 0) is 135 Å². The molecular weight excluding hydrogens is 717 g/mol. The topological polar surface area (TPSA) is 102 Å². The van der Waals surface area contributed by atoms with Gasteiger partial charge in [0.05, 0.1) is 44.2 Å². The molecule has 7 rings (SSSR count). The predicted octanol–water partition coefficient (Wildman–Crippen LogP) is 10.1. The second kappa shape index (κ2) is 18.5. The van der Waals surface area contributed by atoms with Crippen molar-refractivity contribution in [3.63, 3.8) is 0 Å². The van der Waals surface area contributed by atoms with E-state index in [4.69, 9.17) is 33.5 Å². The van der Waals surface area contributed by atoms with Gasteiger partial charge in [-0.3, -0.25) is 10.4 Å². The number of epoxide rings is 2. The van der Waals surface area contributed by atoms with Gasteiger partial charge in [0, 0.05) is 11.4 Å². The van der Waals surface area contributed by atoms with Crippen LogP contribution in [0.2, 0.25) is 0 Å². The number of aliphatic imine (C=N–C) groups is 1. The maximum atomic E-state index is 6.36. The van der Waals surface area contributed by atoms with Crippen LogP contribution >= 0.6 is 0 Å². The molecule has 0 amide bonds. The lowest BCUT2D eigenvalue weighted by atomic mass is 9.82. The molecule has 4 aromatic rings. The Bertz CT molecular complexity index is 1930. The first-order valence-electron chi connectivity index (χ1n) is 20.4. The van der Waals surface area contributed by atoms with Crippen LogP contribution in [0.4, 0.5) is 0 Å². The van der Waals surface area contributed by atoms with Crippen molar-refractivity contribution in [2.45, 2.75) is 97.3 Å². The van der Waals surface area contributed by atoms with Crippen molar-refractivity contribution < 1.29 is 28.5 Å². The lowest BCUT2D eigenvalue weighted by molar-refractivity contribution is -0.133. The standard InChI is InChI=1S/C47H58N4O6/c1-46(2,3)33-47(4,5)48-44-30-45(56-40-24-16-36(17-25-40)34-12-20-38(21-13-34)52-28-8-6-10-42-31-54-42)50-51(49-44)57-41-26-18-37(19-27-41)35-14-22-39(23-15-35)53-29-9-7-11-43-32-55-43/h12-27,30,42-43,50H,6-11,28-29,31-33H2,1-5H3,(H,48,49). The highest BCUT2D eigenvalue weighted by Gasteiger charge is 2.28. The Hall–Kier alpha value is -5.03. The lowest BCUT2D eigenvalue weighted by Gasteiger charge is -2.33. The summed E-state index contributed by atoms with van der Waals surface area (Å²) in [6.07, 6.45) is 10.3. The van der Waals surface area contributed by atoms with E-state index >= 15 is 0 Å². The highest BCUT2D eigenvalue weighted by Crippen LogP contribution is 2.31. The maximum Gasteiger partial charge on any atom is 0.215 e. The Kier molecular flexibility index (Phi) is 13.0. The molecule has 2 N–H and O–H groups in total. The minimum Gasteiger partial charge on any atom is -0.494 e. The Morgan fingerprint density at radius 2 is 1.04 bits per heavy atom. The summed E-state index contributed by atoms with van der Waals surface area (Å²) in [7, 11) is 0. The molecule has 3 aliphatic rings. The Labute approximate surface area is 338 Å². The van der Waals surface area contributed by atoms with Gasteiger partial charge < -0.3 is 28.5 Å². The maximum absolute atomic E-state index is 6.36. The van der Waals surface area contributed by atoms with Crippen molar-refractivity contribution in [3.8, 4) is 45.3 Å². The molecule has 2 fully saturated rings. The third-order valence-electron chi connectivity index (χ3n) is 9.77. The number of ether oxygens (including phenoxy) is 5. The molecule has 0 bridgehead atoms. The molecular formula is C47H58N4O6. The number of nitrogens with one attached hydrogen (secondary N) is 2. The van der Waals surface area contributed by atoms with Crippen molar-refractivity contribution in [1.82, 2.24) is 16.1 Å². The van der Waals surface area contributed by atoms with Gasteiger partial charge in [-0.25, -0.2) is 5.43 Å². The van der Waals surface area contributed by atoms with E-state index in [1.54, 1.807) is 0 Å². The van der Waals surface area contributed by atoms with Crippen LogP contribution in [0.15, 0.2) is 114 Å². The molecule has 3 heterocycles. The SMILES string of the molecule is CC(C)(C)CC(C)(C)N=C1C=C(Oc2ccc(-c3ccc(OCCCCC4CO4)cc3)cc2)NN(Oc2ccc(-c3ccc(OCCCCC4CO4)cc3)cc2)N1. The first-order chi connectivity index (χ1) is 27.5. The number of rotatable bonds is 20. The minimum atomic E-state index is -0.341. The first-order valence-corrected chi connectivity index (χ1v) is 20.4. The van der Waals surface area contributed by atoms with E-state index < -0.39 is 0 Å². The van der Waals surface area contributed by atoms with Gasteiger partial charge in [-0.15, -0.1) is 0 Å². The lowest BCUT2D eigenvalue weighted by Crippen LogP contribution is -2.56.